The number of hydrogen-bond acceptors (Lipinski definition) is 2. The van der Waals surface area contributed by atoms with E-state index >= 15 is 0 Å². The Morgan fingerprint density at radius 3 is 2.54 bits per heavy atom. The molecule has 0 radical (unpaired) electrons. The van der Waals surface area contributed by atoms with Crippen molar-refractivity contribution >= 4 is 6.41 Å². The second-order valence-corrected chi connectivity index (χ2v) is 3.96. The van der Waals surface area contributed by atoms with E-state index in [1.165, 1.54) is 19.3 Å². The van der Waals surface area contributed by atoms with E-state index in [0.29, 0.717) is 12.3 Å². The summed E-state index contributed by atoms with van der Waals surface area (Å²) in [5.74, 6) is 0.385. The lowest BCUT2D eigenvalue weighted by atomic mass is 9.83. The predicted molar refractivity (Wildman–Crippen MR) is 51.2 cm³/mol. The van der Waals surface area contributed by atoms with Gasteiger partial charge in [0.1, 0.15) is 0 Å². The highest BCUT2D eigenvalue weighted by Gasteiger charge is 2.25. The summed E-state index contributed by atoms with van der Waals surface area (Å²) in [5.41, 5.74) is 0. The number of hydrogen-bond donors (Lipinski definition) is 2. The van der Waals surface area contributed by atoms with Gasteiger partial charge < -0.3 is 10.4 Å². The molecule has 2 atom stereocenters. The van der Waals surface area contributed by atoms with Crippen LogP contribution in [0.1, 0.15) is 39.0 Å². The van der Waals surface area contributed by atoms with Crippen LogP contribution in [-0.4, -0.2) is 23.7 Å². The van der Waals surface area contributed by atoms with Crippen molar-refractivity contribution in [3.8, 4) is 0 Å². The predicted octanol–water partition coefficient (Wildman–Crippen LogP) is 1.06. The van der Waals surface area contributed by atoms with E-state index in [1.807, 2.05) is 6.92 Å². The molecule has 76 valence electrons. The van der Waals surface area contributed by atoms with Crippen molar-refractivity contribution in [3.05, 3.63) is 0 Å². The van der Waals surface area contributed by atoms with Gasteiger partial charge >= 0.3 is 0 Å². The summed E-state index contributed by atoms with van der Waals surface area (Å²) in [5, 5.41) is 12.5. The number of amides is 1. The van der Waals surface area contributed by atoms with Gasteiger partial charge in [0, 0.05) is 0 Å². The fraction of sp³-hybridized carbons (Fsp3) is 0.900. The first kappa shape index (κ1) is 10.5. The van der Waals surface area contributed by atoms with Crippen LogP contribution in [0.2, 0.25) is 0 Å². The first-order valence-corrected chi connectivity index (χ1v) is 5.13. The van der Waals surface area contributed by atoms with Crippen LogP contribution < -0.4 is 5.32 Å². The van der Waals surface area contributed by atoms with Gasteiger partial charge in [-0.3, -0.25) is 4.79 Å². The van der Waals surface area contributed by atoms with Crippen molar-refractivity contribution in [1.82, 2.24) is 5.32 Å². The third-order valence-corrected chi connectivity index (χ3v) is 2.98. The molecule has 13 heavy (non-hydrogen) atoms. The Kier molecular flexibility index (Phi) is 4.22. The van der Waals surface area contributed by atoms with Gasteiger partial charge in [0.05, 0.1) is 12.1 Å². The number of carbonyl (C=O) groups excluding carboxylic acids is 1. The van der Waals surface area contributed by atoms with E-state index in [0.717, 1.165) is 12.8 Å². The Morgan fingerprint density at radius 1 is 1.38 bits per heavy atom. The van der Waals surface area contributed by atoms with Gasteiger partial charge in [-0.2, -0.15) is 0 Å². The molecule has 1 rings (SSSR count). The Balaban J connectivity index is 2.35. The van der Waals surface area contributed by atoms with Gasteiger partial charge in [-0.1, -0.05) is 19.3 Å². The first-order chi connectivity index (χ1) is 6.25. The first-order valence-electron chi connectivity index (χ1n) is 5.13. The average Bonchev–Trinajstić information content (AvgIpc) is 2.18. The third-order valence-electron chi connectivity index (χ3n) is 2.98. The molecule has 2 unspecified atom stereocenters. The van der Waals surface area contributed by atoms with E-state index in [1.54, 1.807) is 0 Å². The van der Waals surface area contributed by atoms with Crippen LogP contribution in [0.3, 0.4) is 0 Å². The summed E-state index contributed by atoms with van der Waals surface area (Å²) in [4.78, 5) is 10.2. The lowest BCUT2D eigenvalue weighted by Gasteiger charge is -2.30. The van der Waals surface area contributed by atoms with E-state index < -0.39 is 0 Å². The van der Waals surface area contributed by atoms with E-state index in [-0.39, 0.29) is 12.1 Å². The van der Waals surface area contributed by atoms with Crippen molar-refractivity contribution < 1.29 is 9.90 Å². The minimum absolute atomic E-state index is 0.111. The van der Waals surface area contributed by atoms with E-state index in [2.05, 4.69) is 5.32 Å². The fourth-order valence-electron chi connectivity index (χ4n) is 2.09. The lowest BCUT2D eigenvalue weighted by Crippen LogP contribution is -2.41. The maximum Gasteiger partial charge on any atom is 0.207 e. The number of carbonyl (C=O) groups is 1. The highest BCUT2D eigenvalue weighted by Crippen LogP contribution is 2.27. The maximum atomic E-state index is 10.2. The summed E-state index contributed by atoms with van der Waals surface area (Å²) in [7, 11) is 0. The Hall–Kier alpha value is -0.570. The van der Waals surface area contributed by atoms with Gasteiger partial charge in [-0.25, -0.2) is 0 Å². The lowest BCUT2D eigenvalue weighted by molar-refractivity contribution is -0.111. The van der Waals surface area contributed by atoms with Gasteiger partial charge in [-0.05, 0) is 25.7 Å². The Labute approximate surface area is 79.5 Å². The van der Waals surface area contributed by atoms with Crippen LogP contribution in [0.25, 0.3) is 0 Å². The van der Waals surface area contributed by atoms with Crippen molar-refractivity contribution in [1.29, 1.82) is 0 Å². The molecule has 1 amide bonds. The minimum Gasteiger partial charge on any atom is -0.391 e. The van der Waals surface area contributed by atoms with Crippen molar-refractivity contribution in [3.63, 3.8) is 0 Å². The number of nitrogens with one attached hydrogen (secondary N) is 1. The molecule has 0 saturated heterocycles. The van der Waals surface area contributed by atoms with Gasteiger partial charge in [0.15, 0.2) is 0 Å². The molecule has 3 nitrogen and oxygen atoms in total. The summed E-state index contributed by atoms with van der Waals surface area (Å²) < 4.78 is 0. The molecule has 1 saturated carbocycles. The quantitative estimate of drug-likeness (QED) is 0.643. The zero-order valence-corrected chi connectivity index (χ0v) is 8.20. The smallest absolute Gasteiger partial charge is 0.207 e. The number of rotatable bonds is 4. The standard InChI is InChI=1S/C10H19NO2/c1-8(11-7-12)10(13)9-5-3-2-4-6-9/h7-10,13H,2-6H2,1H3,(H,11,12). The second kappa shape index (κ2) is 5.22. The van der Waals surface area contributed by atoms with Crippen LogP contribution in [0.4, 0.5) is 0 Å². The molecule has 1 fully saturated rings. The topological polar surface area (TPSA) is 49.3 Å². The summed E-state index contributed by atoms with van der Waals surface area (Å²) >= 11 is 0. The third kappa shape index (κ3) is 2.99. The van der Waals surface area contributed by atoms with Crippen LogP contribution in [0, 0.1) is 5.92 Å². The molecule has 1 aliphatic rings. The molecule has 0 spiro atoms. The van der Waals surface area contributed by atoms with Gasteiger partial charge in [-0.15, -0.1) is 0 Å². The largest absolute Gasteiger partial charge is 0.391 e. The van der Waals surface area contributed by atoms with Crippen molar-refractivity contribution in [2.45, 2.75) is 51.2 Å². The monoisotopic (exact) mass is 185 g/mol. The molecular weight excluding hydrogens is 166 g/mol. The maximum absolute atomic E-state index is 10.2. The molecular formula is C10H19NO2. The zero-order chi connectivity index (χ0) is 9.68. The fourth-order valence-corrected chi connectivity index (χ4v) is 2.09. The van der Waals surface area contributed by atoms with Crippen LogP contribution in [-0.2, 0) is 4.79 Å². The van der Waals surface area contributed by atoms with Crippen LogP contribution in [0.5, 0.6) is 0 Å². The molecule has 0 aromatic rings. The summed E-state index contributed by atoms with van der Waals surface area (Å²) in [6.45, 7) is 1.85. The van der Waals surface area contributed by atoms with Gasteiger partial charge in [0.2, 0.25) is 6.41 Å². The molecule has 0 aromatic carbocycles. The minimum atomic E-state index is -0.370. The second-order valence-electron chi connectivity index (χ2n) is 3.96. The summed E-state index contributed by atoms with van der Waals surface area (Å²) in [6, 6.07) is -0.111. The Bertz CT molecular complexity index is 155. The van der Waals surface area contributed by atoms with Crippen molar-refractivity contribution in [2.24, 2.45) is 5.92 Å². The molecule has 2 N–H and O–H groups in total. The van der Waals surface area contributed by atoms with E-state index in [4.69, 9.17) is 0 Å². The van der Waals surface area contributed by atoms with Crippen LogP contribution >= 0.6 is 0 Å². The zero-order valence-electron chi connectivity index (χ0n) is 8.20. The van der Waals surface area contributed by atoms with Crippen molar-refractivity contribution in [2.75, 3.05) is 0 Å². The molecule has 0 aliphatic heterocycles. The molecule has 3 heteroatoms. The molecule has 1 aliphatic carbocycles. The highest BCUT2D eigenvalue weighted by molar-refractivity contribution is 5.46. The molecule has 0 heterocycles. The summed E-state index contributed by atoms with van der Waals surface area (Å²) in [6.07, 6.45) is 6.23. The number of aliphatic hydroxyl groups is 1. The average molecular weight is 185 g/mol. The SMILES string of the molecule is CC(NC=O)C(O)C1CCCCC1. The Morgan fingerprint density at radius 2 is 2.00 bits per heavy atom. The molecule has 0 aromatic heterocycles. The van der Waals surface area contributed by atoms with E-state index in [9.17, 15) is 9.90 Å². The van der Waals surface area contributed by atoms with Crippen LogP contribution in [0.15, 0.2) is 0 Å². The van der Waals surface area contributed by atoms with Gasteiger partial charge in [0.25, 0.3) is 0 Å². The highest BCUT2D eigenvalue weighted by atomic mass is 16.3. The number of aliphatic hydroxyl groups excluding tert-OH is 1. The normalized spacial score (nSPS) is 23.5. The molecule has 0 bridgehead atoms.